The summed E-state index contributed by atoms with van der Waals surface area (Å²) in [4.78, 5) is 0. The van der Waals surface area contributed by atoms with Crippen LogP contribution in [0.5, 0.6) is 0 Å². The van der Waals surface area contributed by atoms with Crippen LogP contribution >= 0.6 is 0 Å². The van der Waals surface area contributed by atoms with Gasteiger partial charge >= 0.3 is 0 Å². The molecule has 7 heavy (non-hydrogen) atoms. The zero-order chi connectivity index (χ0) is 4.50. The predicted molar refractivity (Wildman–Crippen MR) is 32.6 cm³/mol. The molecule has 0 fully saturated rings. The van der Waals surface area contributed by atoms with Crippen LogP contribution in [0.3, 0.4) is 0 Å². The summed E-state index contributed by atoms with van der Waals surface area (Å²) in [5.74, 6) is 0. The number of hydrogen-bond donors (Lipinski definition) is 0. The van der Waals surface area contributed by atoms with Gasteiger partial charge < -0.3 is 9.96 Å². The zero-order valence-corrected chi connectivity index (χ0v) is 4.89. The minimum atomic E-state index is 0. The van der Waals surface area contributed by atoms with Gasteiger partial charge in [0, 0.05) is 0 Å². The third-order valence-corrected chi connectivity index (χ3v) is 0. The molecule has 0 heterocycles. The second-order valence-corrected chi connectivity index (χ2v) is 2.68. The Morgan fingerprint density at radius 2 is 0.857 bits per heavy atom. The van der Waals surface area contributed by atoms with E-state index in [4.69, 9.17) is 0 Å². The van der Waals surface area contributed by atoms with Crippen LogP contribution in [-0.2, 0) is 0 Å². The van der Waals surface area contributed by atoms with Gasteiger partial charge in [-0.2, -0.15) is 0 Å². The lowest BCUT2D eigenvalue weighted by Crippen LogP contribution is -2.27. The van der Waals surface area contributed by atoms with Crippen LogP contribution in [0.2, 0.25) is 0 Å². The van der Waals surface area contributed by atoms with Crippen molar-refractivity contribution in [2.45, 2.75) is 7.43 Å². The second-order valence-electron chi connectivity index (χ2n) is 2.68. The summed E-state index contributed by atoms with van der Waals surface area (Å²) in [6, 6.07) is 0. The minimum Gasteiger partial charge on any atom is -0.870 e. The molecule has 0 rings (SSSR count). The SMILES string of the molecule is C.C[N+](C)(C)C.[OH-]. The summed E-state index contributed by atoms with van der Waals surface area (Å²) in [6.45, 7) is 0. The normalized spacial score (nSPS) is 8.57. The highest BCUT2D eigenvalue weighted by atomic mass is 16.0. The molecule has 0 saturated carbocycles. The van der Waals surface area contributed by atoms with E-state index in [0.29, 0.717) is 0 Å². The number of hydrogen-bond acceptors (Lipinski definition) is 1. The van der Waals surface area contributed by atoms with Crippen molar-refractivity contribution >= 4 is 0 Å². The fourth-order valence-electron chi connectivity index (χ4n) is 0. The maximum absolute atomic E-state index is 2.12. The van der Waals surface area contributed by atoms with E-state index in [0.717, 1.165) is 4.48 Å². The standard InChI is InChI=1S/C4H12N.CH4.H2O/c1-5(2,3)4;;/h1-4H3;1H4;1H2/q+1;;/p-1. The van der Waals surface area contributed by atoms with Gasteiger partial charge in [-0.3, -0.25) is 0 Å². The number of nitrogens with zero attached hydrogens (tertiary/aromatic N) is 1. The molecule has 0 atom stereocenters. The Labute approximate surface area is 46.7 Å². The fraction of sp³-hybridized carbons (Fsp3) is 1.00. The number of rotatable bonds is 0. The van der Waals surface area contributed by atoms with Crippen molar-refractivity contribution in [1.29, 1.82) is 0 Å². The summed E-state index contributed by atoms with van der Waals surface area (Å²) < 4.78 is 1.00. The topological polar surface area (TPSA) is 30.0 Å². The smallest absolute Gasteiger partial charge is 0.0675 e. The third-order valence-electron chi connectivity index (χ3n) is 0. The van der Waals surface area contributed by atoms with Gasteiger partial charge in [-0.15, -0.1) is 0 Å². The van der Waals surface area contributed by atoms with Gasteiger partial charge in [0.2, 0.25) is 0 Å². The van der Waals surface area contributed by atoms with Crippen molar-refractivity contribution in [3.8, 4) is 0 Å². The Morgan fingerprint density at radius 3 is 0.857 bits per heavy atom. The average molecular weight is 107 g/mol. The Morgan fingerprint density at radius 1 is 0.857 bits per heavy atom. The lowest BCUT2D eigenvalue weighted by molar-refractivity contribution is -0.849. The van der Waals surface area contributed by atoms with E-state index < -0.39 is 0 Å². The zero-order valence-electron chi connectivity index (χ0n) is 4.89. The van der Waals surface area contributed by atoms with Crippen molar-refractivity contribution in [3.05, 3.63) is 0 Å². The molecule has 2 nitrogen and oxygen atoms in total. The van der Waals surface area contributed by atoms with E-state index in [-0.39, 0.29) is 12.9 Å². The molecular weight excluding hydrogens is 90.1 g/mol. The van der Waals surface area contributed by atoms with E-state index in [1.807, 2.05) is 0 Å². The molecule has 0 aliphatic heterocycles. The number of quaternary nitrogens is 1. The van der Waals surface area contributed by atoms with Crippen molar-refractivity contribution in [3.63, 3.8) is 0 Å². The Balaban J connectivity index is -0.0000000800. The van der Waals surface area contributed by atoms with Gasteiger partial charge in [0.25, 0.3) is 0 Å². The van der Waals surface area contributed by atoms with Gasteiger partial charge in [-0.1, -0.05) is 7.43 Å². The monoisotopic (exact) mass is 107 g/mol. The molecule has 0 aliphatic rings. The van der Waals surface area contributed by atoms with E-state index in [1.54, 1.807) is 0 Å². The molecule has 0 aliphatic carbocycles. The van der Waals surface area contributed by atoms with Crippen molar-refractivity contribution in [2.24, 2.45) is 0 Å². The van der Waals surface area contributed by atoms with Gasteiger partial charge in [0.05, 0.1) is 28.2 Å². The van der Waals surface area contributed by atoms with Gasteiger partial charge in [-0.25, -0.2) is 0 Å². The molecule has 0 saturated heterocycles. The van der Waals surface area contributed by atoms with Crippen molar-refractivity contribution in [1.82, 2.24) is 0 Å². The molecule has 0 unspecified atom stereocenters. The van der Waals surface area contributed by atoms with Crippen LogP contribution in [0.1, 0.15) is 7.43 Å². The summed E-state index contributed by atoms with van der Waals surface area (Å²) in [6.07, 6.45) is 0. The van der Waals surface area contributed by atoms with E-state index in [2.05, 4.69) is 28.2 Å². The fourth-order valence-corrected chi connectivity index (χ4v) is 0. The highest BCUT2D eigenvalue weighted by Crippen LogP contribution is 1.73. The molecule has 0 radical (unpaired) electrons. The Hall–Kier alpha value is -0.0800. The molecule has 1 N–H and O–H groups in total. The van der Waals surface area contributed by atoms with E-state index >= 15 is 0 Å². The van der Waals surface area contributed by atoms with Gasteiger partial charge in [-0.05, 0) is 0 Å². The molecule has 2 heteroatoms. The van der Waals surface area contributed by atoms with Gasteiger partial charge in [0.1, 0.15) is 0 Å². The van der Waals surface area contributed by atoms with Crippen LogP contribution in [0.4, 0.5) is 0 Å². The highest BCUT2D eigenvalue weighted by Gasteiger charge is 1.88. The molecule has 0 spiro atoms. The van der Waals surface area contributed by atoms with Crippen LogP contribution < -0.4 is 0 Å². The van der Waals surface area contributed by atoms with Crippen LogP contribution in [0.25, 0.3) is 0 Å². The predicted octanol–water partition coefficient (Wildman–Crippen LogP) is 0.782. The van der Waals surface area contributed by atoms with Crippen molar-refractivity contribution in [2.75, 3.05) is 28.2 Å². The quantitative estimate of drug-likeness (QED) is 0.421. The summed E-state index contributed by atoms with van der Waals surface area (Å²) >= 11 is 0. The maximum Gasteiger partial charge on any atom is 0.0675 e. The third kappa shape index (κ3) is 14200. The molecule has 48 valence electrons. The minimum absolute atomic E-state index is 0. The lowest BCUT2D eigenvalue weighted by atomic mass is 10.8. The average Bonchev–Trinajstić information content (AvgIpc) is 0.722. The van der Waals surface area contributed by atoms with E-state index in [9.17, 15) is 0 Å². The van der Waals surface area contributed by atoms with Crippen LogP contribution in [0.15, 0.2) is 0 Å². The highest BCUT2D eigenvalue weighted by molar-refractivity contribution is 3.87. The molecule has 0 amide bonds. The Kier molecular flexibility index (Phi) is 9.22. The summed E-state index contributed by atoms with van der Waals surface area (Å²) in [7, 11) is 8.50. The first-order valence-electron chi connectivity index (χ1n) is 1.79. The maximum atomic E-state index is 2.12. The molecule has 0 aromatic heterocycles. The summed E-state index contributed by atoms with van der Waals surface area (Å²) in [5.41, 5.74) is 0. The van der Waals surface area contributed by atoms with Crippen LogP contribution in [-0.4, -0.2) is 38.1 Å². The second kappa shape index (κ2) is 4.09. The first-order chi connectivity index (χ1) is 2.00. The Bertz CT molecular complexity index is 23.6. The lowest BCUT2D eigenvalue weighted by Gasteiger charge is -2.14. The van der Waals surface area contributed by atoms with Gasteiger partial charge in [0.15, 0.2) is 0 Å². The molecule has 0 bridgehead atoms. The van der Waals surface area contributed by atoms with E-state index in [1.165, 1.54) is 0 Å². The molecule has 0 aromatic carbocycles. The summed E-state index contributed by atoms with van der Waals surface area (Å²) in [5, 5.41) is 0. The van der Waals surface area contributed by atoms with Crippen LogP contribution in [0, 0.1) is 0 Å². The van der Waals surface area contributed by atoms with Crippen molar-refractivity contribution < 1.29 is 9.96 Å². The largest absolute Gasteiger partial charge is 0.870 e. The molecular formula is C5H17NO. The molecule has 0 aromatic rings. The first kappa shape index (κ1) is 15.8. The first-order valence-corrected chi connectivity index (χ1v) is 1.79.